The number of hydrogen-bond acceptors (Lipinski definition) is 4. The maximum Gasteiger partial charge on any atom is 0.282 e. The predicted octanol–water partition coefficient (Wildman–Crippen LogP) is 0.542. The van der Waals surface area contributed by atoms with Crippen LogP contribution in [0.15, 0.2) is 0 Å². The third-order valence-corrected chi connectivity index (χ3v) is 6.73. The number of hydrogen-bond donors (Lipinski definition) is 2. The van der Waals surface area contributed by atoms with Gasteiger partial charge >= 0.3 is 0 Å². The van der Waals surface area contributed by atoms with Gasteiger partial charge in [0.25, 0.3) is 10.2 Å². The molecule has 1 unspecified atom stereocenters. The molecule has 0 aromatic carbocycles. The fourth-order valence-corrected chi connectivity index (χ4v) is 5.02. The average molecular weight is 319 g/mol. The third-order valence-electron chi connectivity index (χ3n) is 4.71. The van der Waals surface area contributed by atoms with Crippen LogP contribution in [-0.2, 0) is 10.2 Å². The van der Waals surface area contributed by atoms with Crippen molar-refractivity contribution < 1.29 is 13.5 Å². The Labute approximate surface area is 128 Å². The molecule has 6 nitrogen and oxygen atoms in total. The molecular formula is C14H29N3O3S. The zero-order valence-electron chi connectivity index (χ0n) is 13.0. The van der Waals surface area contributed by atoms with Crippen LogP contribution >= 0.6 is 0 Å². The van der Waals surface area contributed by atoms with Crippen LogP contribution < -0.4 is 5.32 Å². The van der Waals surface area contributed by atoms with Crippen LogP contribution in [0.3, 0.4) is 0 Å². The largest absolute Gasteiger partial charge is 0.395 e. The highest BCUT2D eigenvalue weighted by atomic mass is 32.2. The van der Waals surface area contributed by atoms with Crippen LogP contribution in [0, 0.1) is 0 Å². The van der Waals surface area contributed by atoms with E-state index in [1.165, 1.54) is 15.0 Å². The maximum atomic E-state index is 12.8. The van der Waals surface area contributed by atoms with E-state index in [0.29, 0.717) is 6.54 Å². The Kier molecular flexibility index (Phi) is 6.43. The molecule has 2 rings (SSSR count). The molecule has 2 aliphatic rings. The minimum atomic E-state index is -3.48. The summed E-state index contributed by atoms with van der Waals surface area (Å²) in [6.07, 6.45) is 7.41. The van der Waals surface area contributed by atoms with Gasteiger partial charge in [0, 0.05) is 32.2 Å². The van der Waals surface area contributed by atoms with Gasteiger partial charge in [-0.05, 0) is 32.2 Å². The molecule has 1 aliphatic carbocycles. The van der Waals surface area contributed by atoms with Gasteiger partial charge in [0.15, 0.2) is 0 Å². The lowest BCUT2D eigenvalue weighted by atomic mass is 9.96. The standard InChI is InChI=1S/C14H29N3O3S/c1-16(14-7-3-2-4-8-14)21(19,20)17(10-11-18)12-13-6-5-9-15-13/h13-15,18H,2-12H2,1H3. The van der Waals surface area contributed by atoms with Crippen molar-refractivity contribution in [3.05, 3.63) is 0 Å². The number of aliphatic hydroxyl groups excluding tert-OH is 1. The lowest BCUT2D eigenvalue weighted by molar-refractivity contribution is 0.223. The maximum absolute atomic E-state index is 12.8. The summed E-state index contributed by atoms with van der Waals surface area (Å²) in [5, 5.41) is 12.6. The van der Waals surface area contributed by atoms with E-state index in [1.807, 2.05) is 0 Å². The zero-order chi connectivity index (χ0) is 15.3. The van der Waals surface area contributed by atoms with Gasteiger partial charge in [0.05, 0.1) is 6.61 Å². The van der Waals surface area contributed by atoms with E-state index in [-0.39, 0.29) is 25.2 Å². The number of aliphatic hydroxyl groups is 1. The second kappa shape index (κ2) is 7.87. The van der Waals surface area contributed by atoms with E-state index in [2.05, 4.69) is 5.32 Å². The molecule has 0 spiro atoms. The molecule has 2 fully saturated rings. The normalized spacial score (nSPS) is 25.0. The lowest BCUT2D eigenvalue weighted by Crippen LogP contribution is -2.51. The molecule has 21 heavy (non-hydrogen) atoms. The summed E-state index contributed by atoms with van der Waals surface area (Å²) in [4.78, 5) is 0. The van der Waals surface area contributed by atoms with Crippen molar-refractivity contribution in [1.29, 1.82) is 0 Å². The monoisotopic (exact) mass is 319 g/mol. The molecule has 7 heteroatoms. The molecule has 1 saturated carbocycles. The zero-order valence-corrected chi connectivity index (χ0v) is 13.8. The third kappa shape index (κ3) is 4.39. The highest BCUT2D eigenvalue weighted by Crippen LogP contribution is 2.25. The first-order valence-corrected chi connectivity index (χ1v) is 9.52. The summed E-state index contributed by atoms with van der Waals surface area (Å²) >= 11 is 0. The van der Waals surface area contributed by atoms with Gasteiger partial charge in [-0.2, -0.15) is 17.0 Å². The van der Waals surface area contributed by atoms with E-state index in [0.717, 1.165) is 45.1 Å². The van der Waals surface area contributed by atoms with Crippen molar-refractivity contribution >= 4 is 10.2 Å². The van der Waals surface area contributed by atoms with Gasteiger partial charge in [0.1, 0.15) is 0 Å². The highest BCUT2D eigenvalue weighted by Gasteiger charge is 2.34. The average Bonchev–Trinajstić information content (AvgIpc) is 3.00. The summed E-state index contributed by atoms with van der Waals surface area (Å²) in [5.41, 5.74) is 0. The van der Waals surface area contributed by atoms with Crippen LogP contribution in [0.2, 0.25) is 0 Å². The van der Waals surface area contributed by atoms with Gasteiger partial charge in [0.2, 0.25) is 0 Å². The van der Waals surface area contributed by atoms with Gasteiger partial charge in [-0.3, -0.25) is 0 Å². The van der Waals surface area contributed by atoms with Crippen molar-refractivity contribution in [2.24, 2.45) is 0 Å². The first kappa shape index (κ1) is 17.1. The second-order valence-electron chi connectivity index (χ2n) is 6.19. The number of nitrogens with one attached hydrogen (secondary N) is 1. The summed E-state index contributed by atoms with van der Waals surface area (Å²) in [6.45, 7) is 1.46. The Morgan fingerprint density at radius 2 is 1.86 bits per heavy atom. The molecule has 0 amide bonds. The van der Waals surface area contributed by atoms with E-state index < -0.39 is 10.2 Å². The molecule has 1 saturated heterocycles. The molecule has 1 heterocycles. The van der Waals surface area contributed by atoms with Crippen molar-refractivity contribution in [3.63, 3.8) is 0 Å². The first-order valence-electron chi connectivity index (χ1n) is 8.13. The molecular weight excluding hydrogens is 290 g/mol. The summed E-state index contributed by atoms with van der Waals surface area (Å²) in [5.74, 6) is 0. The number of rotatable bonds is 7. The Hall–Kier alpha value is -0.210. The SMILES string of the molecule is CN(C1CCCCC1)S(=O)(=O)N(CCO)CC1CCCN1. The minimum Gasteiger partial charge on any atom is -0.395 e. The predicted molar refractivity (Wildman–Crippen MR) is 83.2 cm³/mol. The van der Waals surface area contributed by atoms with Gasteiger partial charge < -0.3 is 10.4 Å². The van der Waals surface area contributed by atoms with Gasteiger partial charge in [-0.15, -0.1) is 0 Å². The molecule has 1 atom stereocenters. The van der Waals surface area contributed by atoms with Crippen molar-refractivity contribution in [1.82, 2.24) is 13.9 Å². The van der Waals surface area contributed by atoms with Crippen LogP contribution in [-0.4, -0.2) is 67.5 Å². The van der Waals surface area contributed by atoms with Gasteiger partial charge in [-0.1, -0.05) is 19.3 Å². The van der Waals surface area contributed by atoms with Crippen LogP contribution in [0.25, 0.3) is 0 Å². The van der Waals surface area contributed by atoms with E-state index in [4.69, 9.17) is 0 Å². The van der Waals surface area contributed by atoms with Crippen molar-refractivity contribution in [2.45, 2.75) is 57.0 Å². The Morgan fingerprint density at radius 3 is 2.43 bits per heavy atom. The molecule has 0 aromatic heterocycles. The topological polar surface area (TPSA) is 72.9 Å². The molecule has 0 radical (unpaired) electrons. The first-order chi connectivity index (χ1) is 10.1. The Bertz CT molecular complexity index is 404. The van der Waals surface area contributed by atoms with E-state index in [1.54, 1.807) is 7.05 Å². The van der Waals surface area contributed by atoms with Crippen LogP contribution in [0.5, 0.6) is 0 Å². The van der Waals surface area contributed by atoms with Crippen LogP contribution in [0.4, 0.5) is 0 Å². The second-order valence-corrected chi connectivity index (χ2v) is 8.18. The highest BCUT2D eigenvalue weighted by molar-refractivity contribution is 7.86. The lowest BCUT2D eigenvalue weighted by Gasteiger charge is -2.35. The van der Waals surface area contributed by atoms with Gasteiger partial charge in [-0.25, -0.2) is 0 Å². The molecule has 2 N–H and O–H groups in total. The molecule has 0 bridgehead atoms. The quantitative estimate of drug-likeness (QED) is 0.718. The summed E-state index contributed by atoms with van der Waals surface area (Å²) in [7, 11) is -1.79. The molecule has 124 valence electrons. The number of nitrogens with zero attached hydrogens (tertiary/aromatic N) is 2. The van der Waals surface area contributed by atoms with E-state index >= 15 is 0 Å². The Morgan fingerprint density at radius 1 is 1.14 bits per heavy atom. The van der Waals surface area contributed by atoms with E-state index in [9.17, 15) is 13.5 Å². The summed E-state index contributed by atoms with van der Waals surface area (Å²) < 4.78 is 28.6. The van der Waals surface area contributed by atoms with Crippen LogP contribution in [0.1, 0.15) is 44.9 Å². The smallest absolute Gasteiger partial charge is 0.282 e. The molecule has 1 aliphatic heterocycles. The van der Waals surface area contributed by atoms with Crippen molar-refractivity contribution in [3.8, 4) is 0 Å². The molecule has 0 aromatic rings. The fraction of sp³-hybridized carbons (Fsp3) is 1.00. The fourth-order valence-electron chi connectivity index (χ4n) is 3.39. The summed E-state index contributed by atoms with van der Waals surface area (Å²) in [6, 6.07) is 0.326. The minimum absolute atomic E-state index is 0.112. The van der Waals surface area contributed by atoms with Crippen molar-refractivity contribution in [2.75, 3.05) is 33.3 Å². The Balaban J connectivity index is 2.03.